The molecule has 1 amide bonds. The zero-order valence-corrected chi connectivity index (χ0v) is 9.93. The molecule has 4 heteroatoms. The van der Waals surface area contributed by atoms with Gasteiger partial charge in [-0.2, -0.15) is 0 Å². The molecule has 0 saturated heterocycles. The number of carboxylic acid groups (broad SMARTS) is 1. The predicted molar refractivity (Wildman–Crippen MR) is 64.2 cm³/mol. The minimum absolute atomic E-state index is 0.00412. The molecular weight excluding hydrogens is 218 g/mol. The lowest BCUT2D eigenvalue weighted by Gasteiger charge is -2.10. The van der Waals surface area contributed by atoms with E-state index in [1.807, 2.05) is 25.1 Å². The summed E-state index contributed by atoms with van der Waals surface area (Å²) in [4.78, 5) is 24.3. The fourth-order valence-corrected chi connectivity index (χ4v) is 2.42. The molecule has 1 aliphatic rings. The molecule has 90 valence electrons. The van der Waals surface area contributed by atoms with E-state index in [2.05, 4.69) is 0 Å². The SMILES string of the molecule is Cc1cccc2c1C(CCC(=O)O)C(=O)N2C. The summed E-state index contributed by atoms with van der Waals surface area (Å²) in [6, 6.07) is 5.78. The topological polar surface area (TPSA) is 57.6 Å². The highest BCUT2D eigenvalue weighted by atomic mass is 16.4. The van der Waals surface area contributed by atoms with Crippen LogP contribution in [0.5, 0.6) is 0 Å². The van der Waals surface area contributed by atoms with Gasteiger partial charge in [-0.1, -0.05) is 12.1 Å². The lowest BCUT2D eigenvalue weighted by molar-refractivity contribution is -0.137. The molecule has 0 radical (unpaired) electrons. The van der Waals surface area contributed by atoms with Crippen molar-refractivity contribution in [3.05, 3.63) is 29.3 Å². The highest BCUT2D eigenvalue weighted by Crippen LogP contribution is 2.40. The third-order valence-corrected chi connectivity index (χ3v) is 3.29. The Morgan fingerprint density at radius 3 is 2.82 bits per heavy atom. The maximum absolute atomic E-state index is 12.1. The number of carbonyl (C=O) groups is 2. The van der Waals surface area contributed by atoms with Crippen molar-refractivity contribution in [1.29, 1.82) is 0 Å². The van der Waals surface area contributed by atoms with E-state index in [-0.39, 0.29) is 18.2 Å². The first-order chi connectivity index (χ1) is 8.02. The van der Waals surface area contributed by atoms with Crippen LogP contribution in [0.2, 0.25) is 0 Å². The minimum Gasteiger partial charge on any atom is -0.481 e. The normalized spacial score (nSPS) is 18.4. The molecule has 1 heterocycles. The maximum atomic E-state index is 12.1. The van der Waals surface area contributed by atoms with Gasteiger partial charge in [0.15, 0.2) is 0 Å². The molecule has 0 fully saturated rings. The molecule has 1 unspecified atom stereocenters. The van der Waals surface area contributed by atoms with Gasteiger partial charge in [0.05, 0.1) is 5.92 Å². The second-order valence-electron chi connectivity index (χ2n) is 4.39. The Hall–Kier alpha value is -1.84. The van der Waals surface area contributed by atoms with Gasteiger partial charge in [0, 0.05) is 19.2 Å². The summed E-state index contributed by atoms with van der Waals surface area (Å²) in [5.41, 5.74) is 2.95. The molecule has 0 aromatic heterocycles. The summed E-state index contributed by atoms with van der Waals surface area (Å²) in [7, 11) is 1.74. The number of likely N-dealkylation sites (N-methyl/N-ethyl adjacent to an activating group) is 1. The summed E-state index contributed by atoms with van der Waals surface area (Å²) in [6.07, 6.45) is 0.397. The molecule has 1 aromatic carbocycles. The number of benzene rings is 1. The number of hydrogen-bond acceptors (Lipinski definition) is 2. The van der Waals surface area contributed by atoms with Gasteiger partial charge in [-0.3, -0.25) is 9.59 Å². The molecule has 0 bridgehead atoms. The van der Waals surface area contributed by atoms with Crippen molar-refractivity contribution in [2.24, 2.45) is 0 Å². The third kappa shape index (κ3) is 1.90. The molecule has 4 nitrogen and oxygen atoms in total. The van der Waals surface area contributed by atoms with Crippen LogP contribution in [-0.2, 0) is 9.59 Å². The van der Waals surface area contributed by atoms with Crippen molar-refractivity contribution in [1.82, 2.24) is 0 Å². The van der Waals surface area contributed by atoms with Gasteiger partial charge >= 0.3 is 5.97 Å². The monoisotopic (exact) mass is 233 g/mol. The zero-order chi connectivity index (χ0) is 12.6. The molecule has 17 heavy (non-hydrogen) atoms. The molecule has 1 N–H and O–H groups in total. The van der Waals surface area contributed by atoms with E-state index in [1.165, 1.54) is 0 Å². The molecule has 1 aliphatic heterocycles. The van der Waals surface area contributed by atoms with E-state index < -0.39 is 5.97 Å². The van der Waals surface area contributed by atoms with Gasteiger partial charge in [-0.15, -0.1) is 0 Å². The fourth-order valence-electron chi connectivity index (χ4n) is 2.42. The average molecular weight is 233 g/mol. The Labute approximate surface area is 99.9 Å². The zero-order valence-electron chi connectivity index (χ0n) is 9.93. The highest BCUT2D eigenvalue weighted by Gasteiger charge is 2.35. The number of nitrogens with zero attached hydrogens (tertiary/aromatic N) is 1. The molecule has 0 saturated carbocycles. The number of rotatable bonds is 3. The number of fused-ring (bicyclic) bond motifs is 1. The Morgan fingerprint density at radius 2 is 2.18 bits per heavy atom. The van der Waals surface area contributed by atoms with Crippen LogP contribution in [0.25, 0.3) is 0 Å². The minimum atomic E-state index is -0.859. The fraction of sp³-hybridized carbons (Fsp3) is 0.385. The standard InChI is InChI=1S/C13H15NO3/c1-8-4-3-5-10-12(8)9(6-7-11(15)16)13(17)14(10)2/h3-5,9H,6-7H2,1-2H3,(H,15,16). The van der Waals surface area contributed by atoms with Crippen LogP contribution in [0.1, 0.15) is 29.9 Å². The van der Waals surface area contributed by atoms with Crippen molar-refractivity contribution in [2.45, 2.75) is 25.7 Å². The van der Waals surface area contributed by atoms with Crippen molar-refractivity contribution >= 4 is 17.6 Å². The van der Waals surface area contributed by atoms with E-state index in [9.17, 15) is 9.59 Å². The van der Waals surface area contributed by atoms with Gasteiger partial charge in [0.2, 0.25) is 5.91 Å². The quantitative estimate of drug-likeness (QED) is 0.867. The second-order valence-corrected chi connectivity index (χ2v) is 4.39. The van der Waals surface area contributed by atoms with Crippen molar-refractivity contribution < 1.29 is 14.7 Å². The lowest BCUT2D eigenvalue weighted by atomic mass is 9.92. The summed E-state index contributed by atoms with van der Waals surface area (Å²) in [6.45, 7) is 1.96. The van der Waals surface area contributed by atoms with Crippen LogP contribution < -0.4 is 4.90 Å². The van der Waals surface area contributed by atoms with Gasteiger partial charge in [-0.05, 0) is 30.5 Å². The van der Waals surface area contributed by atoms with Crippen molar-refractivity contribution in [3.63, 3.8) is 0 Å². The number of amides is 1. The first kappa shape index (κ1) is 11.6. The largest absolute Gasteiger partial charge is 0.481 e. The molecule has 1 atom stereocenters. The van der Waals surface area contributed by atoms with Gasteiger partial charge in [0.25, 0.3) is 0 Å². The van der Waals surface area contributed by atoms with E-state index in [0.717, 1.165) is 16.8 Å². The van der Waals surface area contributed by atoms with Crippen LogP contribution in [0.3, 0.4) is 0 Å². The van der Waals surface area contributed by atoms with Crippen LogP contribution in [0, 0.1) is 6.92 Å². The lowest BCUT2D eigenvalue weighted by Crippen LogP contribution is -2.24. The molecular formula is C13H15NO3. The summed E-state index contributed by atoms with van der Waals surface area (Å²) in [5.74, 6) is -1.16. The van der Waals surface area contributed by atoms with Crippen molar-refractivity contribution in [3.8, 4) is 0 Å². The number of anilines is 1. The molecule has 0 aliphatic carbocycles. The Kier molecular flexibility index (Phi) is 2.88. The van der Waals surface area contributed by atoms with Crippen molar-refractivity contribution in [2.75, 3.05) is 11.9 Å². The third-order valence-electron chi connectivity index (χ3n) is 3.29. The predicted octanol–water partition coefficient (Wildman–Crippen LogP) is 1.92. The Morgan fingerprint density at radius 1 is 1.47 bits per heavy atom. The van der Waals surface area contributed by atoms with Crippen LogP contribution in [0.15, 0.2) is 18.2 Å². The van der Waals surface area contributed by atoms with Gasteiger partial charge in [0.1, 0.15) is 0 Å². The van der Waals surface area contributed by atoms with Crippen LogP contribution >= 0.6 is 0 Å². The second kappa shape index (κ2) is 4.20. The first-order valence-corrected chi connectivity index (χ1v) is 5.61. The van der Waals surface area contributed by atoms with Crippen LogP contribution in [0.4, 0.5) is 5.69 Å². The summed E-state index contributed by atoms with van der Waals surface area (Å²) in [5, 5.41) is 8.72. The van der Waals surface area contributed by atoms with E-state index in [1.54, 1.807) is 11.9 Å². The maximum Gasteiger partial charge on any atom is 0.303 e. The Bertz CT molecular complexity index is 482. The number of carbonyl (C=O) groups excluding carboxylic acids is 1. The number of hydrogen-bond donors (Lipinski definition) is 1. The summed E-state index contributed by atoms with van der Waals surface area (Å²) >= 11 is 0. The van der Waals surface area contributed by atoms with Crippen LogP contribution in [-0.4, -0.2) is 24.0 Å². The number of aryl methyl sites for hydroxylation is 1. The highest BCUT2D eigenvalue weighted by molar-refractivity contribution is 6.05. The van der Waals surface area contributed by atoms with E-state index in [0.29, 0.717) is 6.42 Å². The van der Waals surface area contributed by atoms with E-state index in [4.69, 9.17) is 5.11 Å². The van der Waals surface area contributed by atoms with E-state index >= 15 is 0 Å². The molecule has 0 spiro atoms. The molecule has 1 aromatic rings. The summed E-state index contributed by atoms with van der Waals surface area (Å²) < 4.78 is 0. The first-order valence-electron chi connectivity index (χ1n) is 5.61. The Balaban J connectivity index is 2.36. The van der Waals surface area contributed by atoms with Gasteiger partial charge < -0.3 is 10.0 Å². The number of carboxylic acids is 1. The smallest absolute Gasteiger partial charge is 0.303 e. The average Bonchev–Trinajstić information content (AvgIpc) is 2.52. The van der Waals surface area contributed by atoms with Gasteiger partial charge in [-0.25, -0.2) is 0 Å². The number of aliphatic carboxylic acids is 1. The molecule has 2 rings (SSSR count).